The second-order valence-electron chi connectivity index (χ2n) is 5.46. The third-order valence-corrected chi connectivity index (χ3v) is 6.17. The maximum Gasteiger partial charge on any atom is 0.339 e. The fourth-order valence-electron chi connectivity index (χ4n) is 2.08. The molecule has 0 radical (unpaired) electrons. The van der Waals surface area contributed by atoms with Crippen molar-refractivity contribution in [3.8, 4) is 5.75 Å². The Hall–Kier alpha value is -2.17. The summed E-state index contributed by atoms with van der Waals surface area (Å²) in [7, 11) is -3.94. The van der Waals surface area contributed by atoms with Gasteiger partial charge in [-0.3, -0.25) is 4.79 Å². The van der Waals surface area contributed by atoms with E-state index in [1.807, 2.05) is 0 Å². The lowest BCUT2D eigenvalue weighted by Crippen LogP contribution is -2.23. The van der Waals surface area contributed by atoms with E-state index in [-0.39, 0.29) is 21.8 Å². The molecule has 0 saturated carbocycles. The molecular weight excluding hydrogens is 454 g/mol. The number of halogens is 1. The number of amidine groups is 1. The van der Waals surface area contributed by atoms with E-state index in [2.05, 4.69) is 31.4 Å². The largest absolute Gasteiger partial charge is 0.379 e. The zero-order valence-corrected chi connectivity index (χ0v) is 17.2. The van der Waals surface area contributed by atoms with Crippen LogP contribution in [0.5, 0.6) is 5.75 Å². The van der Waals surface area contributed by atoms with E-state index in [0.717, 1.165) is 4.47 Å². The lowest BCUT2D eigenvalue weighted by atomic mass is 10.2. The summed E-state index contributed by atoms with van der Waals surface area (Å²) in [5.41, 5.74) is 0.602. The maximum atomic E-state index is 12.3. The topological polar surface area (TPSA) is 97.2 Å². The van der Waals surface area contributed by atoms with E-state index < -0.39 is 10.1 Å². The minimum atomic E-state index is -3.94. The van der Waals surface area contributed by atoms with Crippen LogP contribution in [0.4, 0.5) is 0 Å². The summed E-state index contributed by atoms with van der Waals surface area (Å²) in [6, 6.07) is 12.6. The third-order valence-electron chi connectivity index (χ3n) is 3.41. The highest BCUT2D eigenvalue weighted by Crippen LogP contribution is 2.21. The second kappa shape index (κ2) is 8.24. The van der Waals surface area contributed by atoms with Crippen LogP contribution in [-0.2, 0) is 14.9 Å². The van der Waals surface area contributed by atoms with E-state index >= 15 is 0 Å². The van der Waals surface area contributed by atoms with Gasteiger partial charge in [-0.25, -0.2) is 0 Å². The van der Waals surface area contributed by atoms with Crippen LogP contribution in [0.15, 0.2) is 68.1 Å². The predicted molar refractivity (Wildman–Crippen MR) is 109 cm³/mol. The van der Waals surface area contributed by atoms with Gasteiger partial charge >= 0.3 is 10.1 Å². The second-order valence-corrected chi connectivity index (χ2v) is 9.25. The summed E-state index contributed by atoms with van der Waals surface area (Å²) in [6.45, 7) is 1.78. The molecule has 1 unspecified atom stereocenters. The van der Waals surface area contributed by atoms with Crippen molar-refractivity contribution in [2.75, 3.05) is 0 Å². The molecule has 0 bridgehead atoms. The normalized spacial score (nSPS) is 18.8. The van der Waals surface area contributed by atoms with Crippen LogP contribution in [0.2, 0.25) is 0 Å². The zero-order chi connectivity index (χ0) is 19.4. The van der Waals surface area contributed by atoms with Crippen molar-refractivity contribution in [1.82, 2.24) is 5.32 Å². The molecule has 1 heterocycles. The average Bonchev–Trinajstić information content (AvgIpc) is 2.93. The highest BCUT2D eigenvalue weighted by molar-refractivity contribution is 9.10. The summed E-state index contributed by atoms with van der Waals surface area (Å²) in [6.07, 6.45) is 1.45. The Morgan fingerprint density at radius 1 is 1.22 bits per heavy atom. The van der Waals surface area contributed by atoms with Gasteiger partial charge in [0.05, 0.1) is 11.5 Å². The highest BCUT2D eigenvalue weighted by atomic mass is 79.9. The first-order valence-electron chi connectivity index (χ1n) is 7.72. The van der Waals surface area contributed by atoms with E-state index in [1.165, 1.54) is 42.2 Å². The minimum Gasteiger partial charge on any atom is -0.379 e. The molecule has 1 amide bonds. The molecule has 7 nitrogen and oxygen atoms in total. The van der Waals surface area contributed by atoms with Crippen LogP contribution in [0.25, 0.3) is 0 Å². The molecular formula is C17H14BrN3O4S2. The molecule has 1 fully saturated rings. The molecule has 1 aliphatic heterocycles. The molecule has 1 saturated heterocycles. The monoisotopic (exact) mass is 467 g/mol. The van der Waals surface area contributed by atoms with Crippen LogP contribution in [0.3, 0.4) is 0 Å². The summed E-state index contributed by atoms with van der Waals surface area (Å²) >= 11 is 4.54. The van der Waals surface area contributed by atoms with Gasteiger partial charge in [0.2, 0.25) is 5.91 Å². The molecule has 0 aliphatic carbocycles. The predicted octanol–water partition coefficient (Wildman–Crippen LogP) is 3.16. The molecule has 27 heavy (non-hydrogen) atoms. The highest BCUT2D eigenvalue weighted by Gasteiger charge is 2.25. The van der Waals surface area contributed by atoms with Gasteiger partial charge in [0.1, 0.15) is 10.6 Å². The minimum absolute atomic E-state index is 0.0549. The van der Waals surface area contributed by atoms with Crippen molar-refractivity contribution >= 4 is 55.1 Å². The Labute approximate surface area is 169 Å². The lowest BCUT2D eigenvalue weighted by Gasteiger charge is -2.07. The Morgan fingerprint density at radius 2 is 1.96 bits per heavy atom. The Kier molecular flexibility index (Phi) is 5.98. The summed E-state index contributed by atoms with van der Waals surface area (Å²) in [5.74, 6) is 0.0502. The number of thioether (sulfide) groups is 1. The van der Waals surface area contributed by atoms with E-state index in [9.17, 15) is 13.2 Å². The van der Waals surface area contributed by atoms with Crippen LogP contribution in [0.1, 0.15) is 12.5 Å². The number of amides is 1. The molecule has 1 atom stereocenters. The summed E-state index contributed by atoms with van der Waals surface area (Å²) < 4.78 is 30.6. The summed E-state index contributed by atoms with van der Waals surface area (Å²) in [5, 5.41) is 10.7. The Balaban J connectivity index is 1.72. The van der Waals surface area contributed by atoms with Crippen molar-refractivity contribution in [2.24, 2.45) is 10.2 Å². The van der Waals surface area contributed by atoms with Gasteiger partial charge in [0.25, 0.3) is 0 Å². The van der Waals surface area contributed by atoms with Crippen molar-refractivity contribution in [3.63, 3.8) is 0 Å². The van der Waals surface area contributed by atoms with E-state index in [4.69, 9.17) is 4.18 Å². The maximum absolute atomic E-state index is 12.3. The third kappa shape index (κ3) is 5.18. The molecule has 1 N–H and O–H groups in total. The first-order valence-corrected chi connectivity index (χ1v) is 10.8. The van der Waals surface area contributed by atoms with E-state index in [1.54, 1.807) is 31.2 Å². The van der Waals surface area contributed by atoms with Crippen molar-refractivity contribution in [3.05, 3.63) is 58.6 Å². The van der Waals surface area contributed by atoms with Gasteiger partial charge in [-0.1, -0.05) is 39.8 Å². The van der Waals surface area contributed by atoms with Crippen LogP contribution in [0, 0.1) is 0 Å². The fraction of sp³-hybridized carbons (Fsp3) is 0.118. The Morgan fingerprint density at radius 3 is 2.63 bits per heavy atom. The number of nitrogens with zero attached hydrogens (tertiary/aromatic N) is 2. The number of carbonyl (C=O) groups is 1. The molecule has 0 spiro atoms. The number of hydrogen-bond acceptors (Lipinski definition) is 7. The van der Waals surface area contributed by atoms with Gasteiger partial charge in [-0.15, -0.1) is 5.10 Å². The van der Waals surface area contributed by atoms with Crippen molar-refractivity contribution in [2.45, 2.75) is 17.1 Å². The standard InChI is InChI=1S/C17H14BrN3O4S2/c1-11-16(22)20-17(26-11)21-19-10-12-3-2-4-14(9-12)25-27(23,24)15-7-5-13(18)6-8-15/h2-11H,1H3,(H,20,21,22). The van der Waals surface area contributed by atoms with E-state index in [0.29, 0.717) is 10.7 Å². The number of carbonyl (C=O) groups excluding carboxylic acids is 1. The quantitative estimate of drug-likeness (QED) is 0.413. The van der Waals surface area contributed by atoms with Crippen molar-refractivity contribution in [1.29, 1.82) is 0 Å². The first-order chi connectivity index (χ1) is 12.8. The number of hydrogen-bond donors (Lipinski definition) is 1. The zero-order valence-electron chi connectivity index (χ0n) is 14.0. The number of benzene rings is 2. The SMILES string of the molecule is CC1S/C(=N/N=Cc2cccc(OS(=O)(=O)c3ccc(Br)cc3)c2)NC1=O. The van der Waals surface area contributed by atoms with Gasteiger partial charge < -0.3 is 9.50 Å². The lowest BCUT2D eigenvalue weighted by molar-refractivity contribution is -0.118. The average molecular weight is 468 g/mol. The molecule has 10 heteroatoms. The number of rotatable bonds is 5. The molecule has 1 aliphatic rings. The van der Waals surface area contributed by atoms with Gasteiger partial charge in [0.15, 0.2) is 5.17 Å². The fourth-order valence-corrected chi connectivity index (χ4v) is 4.02. The van der Waals surface area contributed by atoms with Crippen LogP contribution in [-0.4, -0.2) is 31.0 Å². The van der Waals surface area contributed by atoms with Crippen LogP contribution < -0.4 is 9.50 Å². The van der Waals surface area contributed by atoms with Crippen molar-refractivity contribution < 1.29 is 17.4 Å². The smallest absolute Gasteiger partial charge is 0.339 e. The van der Waals surface area contributed by atoms with Crippen LogP contribution >= 0.6 is 27.7 Å². The van der Waals surface area contributed by atoms with Gasteiger partial charge in [-0.05, 0) is 48.9 Å². The Bertz CT molecular complexity index is 1020. The first kappa shape index (κ1) is 19.6. The molecule has 2 aromatic carbocycles. The number of nitrogens with one attached hydrogen (secondary N) is 1. The molecule has 2 aromatic rings. The molecule has 0 aromatic heterocycles. The molecule has 140 valence electrons. The molecule has 3 rings (SSSR count). The van der Waals surface area contributed by atoms with Gasteiger partial charge in [-0.2, -0.15) is 13.5 Å². The van der Waals surface area contributed by atoms with Gasteiger partial charge in [0, 0.05) is 4.47 Å². The summed E-state index contributed by atoms with van der Waals surface area (Å²) in [4.78, 5) is 11.4.